The minimum atomic E-state index is 0. The molecule has 0 aromatic carbocycles. The van der Waals surface area contributed by atoms with E-state index in [9.17, 15) is 0 Å². The number of nitrogens with zero attached hydrogens (tertiary/aromatic N) is 1. The van der Waals surface area contributed by atoms with Crippen molar-refractivity contribution >= 4 is 12.4 Å². The lowest BCUT2D eigenvalue weighted by Gasteiger charge is -2.42. The summed E-state index contributed by atoms with van der Waals surface area (Å²) in [6.07, 6.45) is 2.39. The van der Waals surface area contributed by atoms with Gasteiger partial charge in [0.15, 0.2) is 0 Å². The highest BCUT2D eigenvalue weighted by Gasteiger charge is 2.30. The lowest BCUT2D eigenvalue weighted by Crippen LogP contribution is -2.54. The molecule has 100 valence electrons. The van der Waals surface area contributed by atoms with Crippen LogP contribution < -0.4 is 11.1 Å². The molecule has 0 heterocycles. The molecule has 0 aromatic heterocycles. The Hall–Kier alpha value is 0.170. The molecule has 0 rings (SSSR count). The van der Waals surface area contributed by atoms with Crippen molar-refractivity contribution in [2.24, 2.45) is 5.73 Å². The zero-order chi connectivity index (χ0) is 11.7. The van der Waals surface area contributed by atoms with Gasteiger partial charge in [0, 0.05) is 25.2 Å². The second kappa shape index (κ2) is 10.3. The average Bonchev–Trinajstić information content (AvgIpc) is 2.28. The summed E-state index contributed by atoms with van der Waals surface area (Å²) >= 11 is 0. The highest BCUT2D eigenvalue weighted by Crippen LogP contribution is 2.22. The third-order valence-electron chi connectivity index (χ3n) is 3.53. The van der Waals surface area contributed by atoms with Gasteiger partial charge in [0.1, 0.15) is 0 Å². The van der Waals surface area contributed by atoms with Crippen LogP contribution in [0.25, 0.3) is 0 Å². The van der Waals surface area contributed by atoms with Crippen molar-refractivity contribution in [2.75, 3.05) is 32.7 Å². The van der Waals surface area contributed by atoms with Crippen LogP contribution in [-0.4, -0.2) is 43.2 Å². The van der Waals surface area contributed by atoms with Crippen LogP contribution in [0.2, 0.25) is 0 Å². The Morgan fingerprint density at radius 3 is 1.88 bits per heavy atom. The van der Waals surface area contributed by atoms with E-state index >= 15 is 0 Å². The van der Waals surface area contributed by atoms with Gasteiger partial charge in [-0.3, -0.25) is 4.90 Å². The van der Waals surface area contributed by atoms with Gasteiger partial charge in [0.05, 0.1) is 0 Å². The van der Waals surface area contributed by atoms with E-state index in [2.05, 4.69) is 37.9 Å². The second-order valence-electron chi connectivity index (χ2n) is 4.07. The van der Waals surface area contributed by atoms with Crippen molar-refractivity contribution in [2.45, 2.75) is 46.1 Å². The van der Waals surface area contributed by atoms with Gasteiger partial charge in [-0.2, -0.15) is 0 Å². The molecule has 16 heavy (non-hydrogen) atoms. The van der Waals surface area contributed by atoms with Crippen LogP contribution in [-0.2, 0) is 0 Å². The number of nitrogens with two attached hydrogens (primary N) is 1. The lowest BCUT2D eigenvalue weighted by atomic mass is 9.90. The Morgan fingerprint density at radius 1 is 1.06 bits per heavy atom. The van der Waals surface area contributed by atoms with Crippen LogP contribution in [0.4, 0.5) is 0 Å². The van der Waals surface area contributed by atoms with E-state index in [0.717, 1.165) is 32.7 Å². The summed E-state index contributed by atoms with van der Waals surface area (Å²) in [5.41, 5.74) is 5.82. The molecule has 3 nitrogen and oxygen atoms in total. The van der Waals surface area contributed by atoms with Crippen molar-refractivity contribution in [3.8, 4) is 0 Å². The molecule has 0 amide bonds. The molecule has 0 spiro atoms. The van der Waals surface area contributed by atoms with Gasteiger partial charge in [-0.05, 0) is 25.9 Å². The molecule has 0 atom stereocenters. The fourth-order valence-corrected chi connectivity index (χ4v) is 2.38. The molecule has 0 fully saturated rings. The van der Waals surface area contributed by atoms with Gasteiger partial charge in [-0.25, -0.2) is 0 Å². The summed E-state index contributed by atoms with van der Waals surface area (Å²) in [6.45, 7) is 14.0. The Bertz CT molecular complexity index is 145. The van der Waals surface area contributed by atoms with Crippen LogP contribution in [0.15, 0.2) is 0 Å². The minimum absolute atomic E-state index is 0. The molecule has 0 aliphatic carbocycles. The topological polar surface area (TPSA) is 41.3 Å². The van der Waals surface area contributed by atoms with Gasteiger partial charge in [-0.15, -0.1) is 12.4 Å². The first-order valence-corrected chi connectivity index (χ1v) is 6.36. The number of halogens is 1. The molecule has 0 saturated carbocycles. The van der Waals surface area contributed by atoms with Crippen molar-refractivity contribution in [1.82, 2.24) is 10.2 Å². The van der Waals surface area contributed by atoms with E-state index in [0.29, 0.717) is 5.54 Å². The van der Waals surface area contributed by atoms with Crippen molar-refractivity contribution in [3.05, 3.63) is 0 Å². The Labute approximate surface area is 108 Å². The maximum absolute atomic E-state index is 5.51. The average molecular weight is 252 g/mol. The monoisotopic (exact) mass is 251 g/mol. The van der Waals surface area contributed by atoms with E-state index in [4.69, 9.17) is 5.73 Å². The second-order valence-corrected chi connectivity index (χ2v) is 4.07. The highest BCUT2D eigenvalue weighted by molar-refractivity contribution is 5.85. The SMILES string of the molecule is CCN(CC)C(CC)(CC)CNCCN.Cl. The smallest absolute Gasteiger partial charge is 0.0328 e. The van der Waals surface area contributed by atoms with Crippen molar-refractivity contribution in [3.63, 3.8) is 0 Å². The van der Waals surface area contributed by atoms with E-state index < -0.39 is 0 Å². The first-order valence-electron chi connectivity index (χ1n) is 6.36. The first kappa shape index (κ1) is 18.5. The number of hydrogen-bond donors (Lipinski definition) is 2. The fraction of sp³-hybridized carbons (Fsp3) is 1.00. The third-order valence-corrected chi connectivity index (χ3v) is 3.53. The van der Waals surface area contributed by atoms with Gasteiger partial charge in [0.25, 0.3) is 0 Å². The summed E-state index contributed by atoms with van der Waals surface area (Å²) in [5.74, 6) is 0. The Kier molecular flexibility index (Phi) is 12.0. The number of nitrogens with one attached hydrogen (secondary N) is 1. The third kappa shape index (κ3) is 5.00. The van der Waals surface area contributed by atoms with Crippen LogP contribution in [0, 0.1) is 0 Å². The summed E-state index contributed by atoms with van der Waals surface area (Å²) in [6, 6.07) is 0. The van der Waals surface area contributed by atoms with Crippen molar-refractivity contribution in [1.29, 1.82) is 0 Å². The minimum Gasteiger partial charge on any atom is -0.329 e. The number of likely N-dealkylation sites (N-methyl/N-ethyl adjacent to an activating group) is 1. The molecule has 0 radical (unpaired) electrons. The lowest BCUT2D eigenvalue weighted by molar-refractivity contribution is 0.0885. The van der Waals surface area contributed by atoms with Gasteiger partial charge in [-0.1, -0.05) is 27.7 Å². The predicted octanol–water partition coefficient (Wildman–Crippen LogP) is 1.86. The molecule has 4 heteroatoms. The summed E-state index contributed by atoms with van der Waals surface area (Å²) < 4.78 is 0. The van der Waals surface area contributed by atoms with Crippen molar-refractivity contribution < 1.29 is 0 Å². The summed E-state index contributed by atoms with van der Waals surface area (Å²) in [5, 5.41) is 3.46. The fourth-order valence-electron chi connectivity index (χ4n) is 2.38. The molecule has 0 saturated heterocycles. The standard InChI is InChI=1S/C12H29N3.ClH/c1-5-12(6-2,11-14-10-9-13)15(7-3)8-4;/h14H,5-11,13H2,1-4H3;1H. The number of hydrogen-bond acceptors (Lipinski definition) is 3. The molecule has 3 N–H and O–H groups in total. The maximum Gasteiger partial charge on any atom is 0.0328 e. The van der Waals surface area contributed by atoms with Gasteiger partial charge >= 0.3 is 0 Å². The zero-order valence-corrected chi connectivity index (χ0v) is 12.2. The van der Waals surface area contributed by atoms with E-state index in [1.165, 1.54) is 12.8 Å². The quantitative estimate of drug-likeness (QED) is 0.615. The normalized spacial score (nSPS) is 11.6. The van der Waals surface area contributed by atoms with E-state index in [-0.39, 0.29) is 12.4 Å². The predicted molar refractivity (Wildman–Crippen MR) is 75.4 cm³/mol. The van der Waals surface area contributed by atoms with Crippen LogP contribution in [0.5, 0.6) is 0 Å². The first-order chi connectivity index (χ1) is 7.20. The molecule has 0 aliphatic rings. The molecule has 0 aromatic rings. The molecule has 0 unspecified atom stereocenters. The Balaban J connectivity index is 0. The molecular weight excluding hydrogens is 222 g/mol. The highest BCUT2D eigenvalue weighted by atomic mass is 35.5. The molecule has 0 bridgehead atoms. The number of rotatable bonds is 9. The largest absolute Gasteiger partial charge is 0.329 e. The zero-order valence-electron chi connectivity index (χ0n) is 11.4. The van der Waals surface area contributed by atoms with Crippen LogP contribution in [0.1, 0.15) is 40.5 Å². The molecule has 0 aliphatic heterocycles. The van der Waals surface area contributed by atoms with Gasteiger partial charge in [0.2, 0.25) is 0 Å². The summed E-state index contributed by atoms with van der Waals surface area (Å²) in [7, 11) is 0. The summed E-state index contributed by atoms with van der Waals surface area (Å²) in [4.78, 5) is 2.57. The Morgan fingerprint density at radius 2 is 1.56 bits per heavy atom. The van der Waals surface area contributed by atoms with Gasteiger partial charge < -0.3 is 11.1 Å². The van der Waals surface area contributed by atoms with E-state index in [1.54, 1.807) is 0 Å². The molecular formula is C12H30ClN3. The van der Waals surface area contributed by atoms with E-state index in [1.807, 2.05) is 0 Å². The maximum atomic E-state index is 5.51. The van der Waals surface area contributed by atoms with Crippen LogP contribution >= 0.6 is 12.4 Å². The van der Waals surface area contributed by atoms with Crippen LogP contribution in [0.3, 0.4) is 0 Å².